The molecule has 0 radical (unpaired) electrons. The second kappa shape index (κ2) is 8.11. The highest BCUT2D eigenvalue weighted by Crippen LogP contribution is 2.22. The predicted octanol–water partition coefficient (Wildman–Crippen LogP) is 5.89. The number of hydrogen-bond acceptors (Lipinski definition) is 2. The van der Waals surface area contributed by atoms with Crippen LogP contribution in [0.2, 0.25) is 0 Å². The summed E-state index contributed by atoms with van der Waals surface area (Å²) >= 11 is 0. The SMILES string of the molecule is CCCOc1ccc(C=Nc2ccc(-c3ccccc3)cc2)cc1. The number of aliphatic imine (C=N–C) groups is 1. The van der Waals surface area contributed by atoms with Gasteiger partial charge in [0.25, 0.3) is 0 Å². The van der Waals surface area contributed by atoms with Crippen LogP contribution in [0, 0.1) is 0 Å². The van der Waals surface area contributed by atoms with Crippen molar-refractivity contribution >= 4 is 11.9 Å². The van der Waals surface area contributed by atoms with Crippen LogP contribution in [-0.2, 0) is 0 Å². The summed E-state index contributed by atoms with van der Waals surface area (Å²) in [6.07, 6.45) is 2.89. The molecule has 0 saturated heterocycles. The molecule has 0 unspecified atom stereocenters. The molecule has 0 aromatic heterocycles. The first-order chi connectivity index (χ1) is 11.8. The van der Waals surface area contributed by atoms with Crippen molar-refractivity contribution in [2.24, 2.45) is 4.99 Å². The number of rotatable bonds is 6. The molecule has 0 aliphatic carbocycles. The maximum atomic E-state index is 5.58. The van der Waals surface area contributed by atoms with Crippen molar-refractivity contribution in [3.05, 3.63) is 84.4 Å². The van der Waals surface area contributed by atoms with E-state index in [9.17, 15) is 0 Å². The first-order valence-corrected chi connectivity index (χ1v) is 8.27. The molecule has 0 spiro atoms. The molecule has 0 fully saturated rings. The van der Waals surface area contributed by atoms with Gasteiger partial charge in [-0.25, -0.2) is 0 Å². The molecule has 0 aliphatic heterocycles. The van der Waals surface area contributed by atoms with E-state index in [-0.39, 0.29) is 0 Å². The summed E-state index contributed by atoms with van der Waals surface area (Å²) in [5.41, 5.74) is 4.43. The van der Waals surface area contributed by atoms with Crippen molar-refractivity contribution in [1.82, 2.24) is 0 Å². The van der Waals surface area contributed by atoms with Crippen LogP contribution in [0.25, 0.3) is 11.1 Å². The van der Waals surface area contributed by atoms with Crippen LogP contribution in [-0.4, -0.2) is 12.8 Å². The fourth-order valence-corrected chi connectivity index (χ4v) is 2.39. The largest absolute Gasteiger partial charge is 0.494 e. The molecule has 24 heavy (non-hydrogen) atoms. The smallest absolute Gasteiger partial charge is 0.119 e. The fraction of sp³-hybridized carbons (Fsp3) is 0.136. The monoisotopic (exact) mass is 315 g/mol. The predicted molar refractivity (Wildman–Crippen MR) is 101 cm³/mol. The minimum Gasteiger partial charge on any atom is -0.494 e. The molecular weight excluding hydrogens is 294 g/mol. The lowest BCUT2D eigenvalue weighted by Gasteiger charge is -2.04. The van der Waals surface area contributed by atoms with Gasteiger partial charge in [-0.1, -0.05) is 49.4 Å². The van der Waals surface area contributed by atoms with E-state index in [2.05, 4.69) is 48.3 Å². The molecule has 3 rings (SSSR count). The van der Waals surface area contributed by atoms with Crippen LogP contribution in [0.3, 0.4) is 0 Å². The Hall–Kier alpha value is -2.87. The van der Waals surface area contributed by atoms with E-state index in [1.165, 1.54) is 11.1 Å². The molecule has 0 heterocycles. The van der Waals surface area contributed by atoms with Crippen LogP contribution in [0.1, 0.15) is 18.9 Å². The normalized spacial score (nSPS) is 10.9. The average molecular weight is 315 g/mol. The van der Waals surface area contributed by atoms with E-state index in [4.69, 9.17) is 4.74 Å². The first kappa shape index (κ1) is 16.0. The summed E-state index contributed by atoms with van der Waals surface area (Å²) in [5.74, 6) is 0.904. The highest BCUT2D eigenvalue weighted by Gasteiger charge is 1.97. The first-order valence-electron chi connectivity index (χ1n) is 8.27. The number of ether oxygens (including phenoxy) is 1. The minimum absolute atomic E-state index is 0.751. The molecule has 0 amide bonds. The number of hydrogen-bond donors (Lipinski definition) is 0. The van der Waals surface area contributed by atoms with Crippen molar-refractivity contribution in [3.8, 4) is 16.9 Å². The van der Waals surface area contributed by atoms with E-state index in [0.717, 1.165) is 30.0 Å². The Morgan fingerprint density at radius 3 is 2.12 bits per heavy atom. The molecular formula is C22H21NO. The zero-order chi connectivity index (χ0) is 16.6. The Bertz CT molecular complexity index is 774. The van der Waals surface area contributed by atoms with E-state index < -0.39 is 0 Å². The summed E-state index contributed by atoms with van der Waals surface area (Å²) in [6.45, 7) is 2.85. The highest BCUT2D eigenvalue weighted by molar-refractivity contribution is 5.82. The molecule has 120 valence electrons. The third kappa shape index (κ3) is 4.32. The van der Waals surface area contributed by atoms with Crippen molar-refractivity contribution in [2.45, 2.75) is 13.3 Å². The van der Waals surface area contributed by atoms with Gasteiger partial charge in [0, 0.05) is 6.21 Å². The summed E-state index contributed by atoms with van der Waals surface area (Å²) in [7, 11) is 0. The summed E-state index contributed by atoms with van der Waals surface area (Å²) < 4.78 is 5.58. The maximum absolute atomic E-state index is 5.58. The van der Waals surface area contributed by atoms with Gasteiger partial charge in [-0.3, -0.25) is 4.99 Å². The lowest BCUT2D eigenvalue weighted by atomic mass is 10.1. The number of nitrogens with zero attached hydrogens (tertiary/aromatic N) is 1. The van der Waals surface area contributed by atoms with Gasteiger partial charge in [-0.15, -0.1) is 0 Å². The maximum Gasteiger partial charge on any atom is 0.119 e. The molecule has 2 heteroatoms. The molecule has 0 N–H and O–H groups in total. The molecule has 0 bridgehead atoms. The van der Waals surface area contributed by atoms with Crippen LogP contribution in [0.15, 0.2) is 83.9 Å². The van der Waals surface area contributed by atoms with Crippen molar-refractivity contribution in [2.75, 3.05) is 6.61 Å². The lowest BCUT2D eigenvalue weighted by Crippen LogP contribution is -1.94. The van der Waals surface area contributed by atoms with Gasteiger partial charge >= 0.3 is 0 Å². The van der Waals surface area contributed by atoms with Gasteiger partial charge in [0.15, 0.2) is 0 Å². The van der Waals surface area contributed by atoms with Gasteiger partial charge in [-0.2, -0.15) is 0 Å². The topological polar surface area (TPSA) is 21.6 Å². The van der Waals surface area contributed by atoms with Crippen LogP contribution >= 0.6 is 0 Å². The van der Waals surface area contributed by atoms with E-state index in [0.29, 0.717) is 0 Å². The lowest BCUT2D eigenvalue weighted by molar-refractivity contribution is 0.317. The van der Waals surface area contributed by atoms with Crippen LogP contribution in [0.4, 0.5) is 5.69 Å². The molecule has 0 atom stereocenters. The van der Waals surface area contributed by atoms with Gasteiger partial charge in [0.2, 0.25) is 0 Å². The summed E-state index contributed by atoms with van der Waals surface area (Å²) in [4.78, 5) is 4.54. The van der Waals surface area contributed by atoms with E-state index >= 15 is 0 Å². The Morgan fingerprint density at radius 2 is 1.46 bits per heavy atom. The number of benzene rings is 3. The standard InChI is InChI=1S/C22H21NO/c1-2-16-24-22-14-8-18(9-15-22)17-23-21-12-10-20(11-13-21)19-6-4-3-5-7-19/h3-15,17H,2,16H2,1H3. The fourth-order valence-electron chi connectivity index (χ4n) is 2.39. The Kier molecular flexibility index (Phi) is 5.41. The zero-order valence-electron chi connectivity index (χ0n) is 13.9. The second-order valence-corrected chi connectivity index (χ2v) is 5.59. The third-order valence-electron chi connectivity index (χ3n) is 3.69. The molecule has 2 nitrogen and oxygen atoms in total. The van der Waals surface area contributed by atoms with Gasteiger partial charge in [-0.05, 0) is 59.5 Å². The Labute approximate surface area is 143 Å². The zero-order valence-corrected chi connectivity index (χ0v) is 13.9. The highest BCUT2D eigenvalue weighted by atomic mass is 16.5. The molecule has 3 aromatic rings. The van der Waals surface area contributed by atoms with Crippen LogP contribution < -0.4 is 4.74 Å². The average Bonchev–Trinajstić information content (AvgIpc) is 2.67. The van der Waals surface area contributed by atoms with Gasteiger partial charge in [0.05, 0.1) is 12.3 Å². The van der Waals surface area contributed by atoms with Crippen molar-refractivity contribution in [1.29, 1.82) is 0 Å². The molecule has 0 saturated carbocycles. The second-order valence-electron chi connectivity index (χ2n) is 5.59. The van der Waals surface area contributed by atoms with Crippen LogP contribution in [0.5, 0.6) is 5.75 Å². The molecule has 0 aliphatic rings. The van der Waals surface area contributed by atoms with Crippen molar-refractivity contribution in [3.63, 3.8) is 0 Å². The van der Waals surface area contributed by atoms with E-state index in [1.807, 2.05) is 48.7 Å². The minimum atomic E-state index is 0.751. The Balaban J connectivity index is 1.66. The summed E-state index contributed by atoms with van der Waals surface area (Å²) in [5, 5.41) is 0. The summed E-state index contributed by atoms with van der Waals surface area (Å²) in [6, 6.07) is 26.6. The van der Waals surface area contributed by atoms with Crippen molar-refractivity contribution < 1.29 is 4.74 Å². The Morgan fingerprint density at radius 1 is 0.792 bits per heavy atom. The van der Waals surface area contributed by atoms with Gasteiger partial charge in [0.1, 0.15) is 5.75 Å². The van der Waals surface area contributed by atoms with Gasteiger partial charge < -0.3 is 4.74 Å². The van der Waals surface area contributed by atoms with E-state index in [1.54, 1.807) is 0 Å². The quantitative estimate of drug-likeness (QED) is 0.519. The third-order valence-corrected chi connectivity index (χ3v) is 3.69. The molecule has 3 aromatic carbocycles.